The van der Waals surface area contributed by atoms with Gasteiger partial charge < -0.3 is 5.73 Å². The molecule has 0 radical (unpaired) electrons. The number of hydrogen-bond donors (Lipinski definition) is 1. The molecule has 1 heterocycles. The molecule has 0 aliphatic carbocycles. The second-order valence-electron chi connectivity index (χ2n) is 4.25. The number of nitrogens with zero attached hydrogens (tertiary/aromatic N) is 1. The van der Waals surface area contributed by atoms with E-state index in [1.54, 1.807) is 0 Å². The number of hydrogen-bond acceptors (Lipinski definition) is 2. The van der Waals surface area contributed by atoms with Gasteiger partial charge in [0.2, 0.25) is 0 Å². The van der Waals surface area contributed by atoms with Crippen LogP contribution in [0.3, 0.4) is 0 Å². The van der Waals surface area contributed by atoms with E-state index in [1.807, 2.05) is 0 Å². The Morgan fingerprint density at radius 1 is 1.27 bits per heavy atom. The molecule has 1 fully saturated rings. The molecule has 82 valence electrons. The Hall–Kier alpha value is -0.860. The van der Waals surface area contributed by atoms with Crippen LogP contribution >= 0.6 is 0 Å². The minimum Gasteiger partial charge on any atom is -0.330 e. The summed E-state index contributed by atoms with van der Waals surface area (Å²) in [6.45, 7) is 3.19. The Morgan fingerprint density at radius 2 is 2.07 bits per heavy atom. The summed E-state index contributed by atoms with van der Waals surface area (Å²) in [5, 5.41) is 0. The van der Waals surface area contributed by atoms with Crippen molar-refractivity contribution in [1.82, 2.24) is 4.90 Å². The quantitative estimate of drug-likeness (QED) is 0.814. The van der Waals surface area contributed by atoms with Crippen LogP contribution in [-0.4, -0.2) is 24.5 Å². The number of nitrogens with two attached hydrogens (primary N) is 1. The van der Waals surface area contributed by atoms with Crippen LogP contribution in [0.5, 0.6) is 0 Å². The van der Waals surface area contributed by atoms with Gasteiger partial charge in [-0.25, -0.2) is 0 Å². The summed E-state index contributed by atoms with van der Waals surface area (Å²) in [5.74, 6) is 0. The molecule has 15 heavy (non-hydrogen) atoms. The molecule has 0 aromatic heterocycles. The summed E-state index contributed by atoms with van der Waals surface area (Å²) in [4.78, 5) is 2.57. The van der Waals surface area contributed by atoms with Gasteiger partial charge in [-0.05, 0) is 44.5 Å². The third-order valence-corrected chi connectivity index (χ3v) is 3.20. The fraction of sp³-hybridized carbons (Fsp3) is 0.538. The van der Waals surface area contributed by atoms with Gasteiger partial charge in [-0.1, -0.05) is 30.3 Å². The molecule has 2 nitrogen and oxygen atoms in total. The van der Waals surface area contributed by atoms with Crippen molar-refractivity contribution in [2.75, 3.05) is 19.6 Å². The first kappa shape index (κ1) is 10.7. The highest BCUT2D eigenvalue weighted by Crippen LogP contribution is 2.31. The Balaban J connectivity index is 2.01. The maximum atomic E-state index is 5.56. The van der Waals surface area contributed by atoms with Crippen molar-refractivity contribution in [1.29, 1.82) is 0 Å². The van der Waals surface area contributed by atoms with Crippen LogP contribution in [-0.2, 0) is 0 Å². The fourth-order valence-electron chi connectivity index (χ4n) is 2.44. The highest BCUT2D eigenvalue weighted by molar-refractivity contribution is 5.19. The molecule has 1 saturated heterocycles. The minimum atomic E-state index is 0.637. The summed E-state index contributed by atoms with van der Waals surface area (Å²) < 4.78 is 0. The van der Waals surface area contributed by atoms with Gasteiger partial charge in [0.1, 0.15) is 0 Å². The zero-order valence-electron chi connectivity index (χ0n) is 9.23. The van der Waals surface area contributed by atoms with E-state index in [0.29, 0.717) is 6.04 Å². The molecule has 2 N–H and O–H groups in total. The fourth-order valence-corrected chi connectivity index (χ4v) is 2.44. The van der Waals surface area contributed by atoms with E-state index in [-0.39, 0.29) is 0 Å². The summed E-state index contributed by atoms with van der Waals surface area (Å²) in [6, 6.07) is 11.5. The molecule has 0 bridgehead atoms. The Labute approximate surface area is 92.1 Å². The zero-order chi connectivity index (χ0) is 10.5. The van der Waals surface area contributed by atoms with Crippen LogP contribution in [0.25, 0.3) is 0 Å². The predicted molar refractivity (Wildman–Crippen MR) is 63.7 cm³/mol. The third-order valence-electron chi connectivity index (χ3n) is 3.20. The minimum absolute atomic E-state index is 0.637. The first-order chi connectivity index (χ1) is 7.42. The molecule has 1 aromatic rings. The Morgan fingerprint density at radius 3 is 2.80 bits per heavy atom. The Kier molecular flexibility index (Phi) is 3.75. The van der Waals surface area contributed by atoms with Gasteiger partial charge in [0, 0.05) is 6.04 Å². The highest BCUT2D eigenvalue weighted by Gasteiger charge is 2.24. The maximum Gasteiger partial charge on any atom is 0.0348 e. The normalized spacial score (nSPS) is 22.1. The van der Waals surface area contributed by atoms with Crippen molar-refractivity contribution in [3.05, 3.63) is 35.9 Å². The van der Waals surface area contributed by atoms with E-state index in [1.165, 1.54) is 24.9 Å². The summed E-state index contributed by atoms with van der Waals surface area (Å²) in [7, 11) is 0. The summed E-state index contributed by atoms with van der Waals surface area (Å²) >= 11 is 0. The number of benzene rings is 1. The topological polar surface area (TPSA) is 29.3 Å². The Bertz CT molecular complexity index is 284. The average Bonchev–Trinajstić information content (AvgIpc) is 2.75. The average molecular weight is 204 g/mol. The van der Waals surface area contributed by atoms with Gasteiger partial charge in [0.25, 0.3) is 0 Å². The van der Waals surface area contributed by atoms with Crippen molar-refractivity contribution in [3.63, 3.8) is 0 Å². The van der Waals surface area contributed by atoms with Gasteiger partial charge in [0.05, 0.1) is 0 Å². The SMILES string of the molecule is NCCCN1CCC[C@@H]1c1ccccc1. The molecule has 2 heteroatoms. The molecule has 0 amide bonds. The lowest BCUT2D eigenvalue weighted by atomic mass is 10.0. The lowest BCUT2D eigenvalue weighted by molar-refractivity contribution is 0.255. The lowest BCUT2D eigenvalue weighted by Crippen LogP contribution is -2.25. The van der Waals surface area contributed by atoms with Crippen molar-refractivity contribution >= 4 is 0 Å². The highest BCUT2D eigenvalue weighted by atomic mass is 15.2. The maximum absolute atomic E-state index is 5.56. The van der Waals surface area contributed by atoms with Gasteiger partial charge >= 0.3 is 0 Å². The molecular formula is C13H20N2. The molecule has 1 aliphatic heterocycles. The van der Waals surface area contributed by atoms with E-state index >= 15 is 0 Å². The summed E-state index contributed by atoms with van der Waals surface area (Å²) in [5.41, 5.74) is 7.03. The zero-order valence-corrected chi connectivity index (χ0v) is 9.23. The van der Waals surface area contributed by atoms with Crippen LogP contribution < -0.4 is 5.73 Å². The monoisotopic (exact) mass is 204 g/mol. The molecule has 0 unspecified atom stereocenters. The molecule has 0 spiro atoms. The van der Waals surface area contributed by atoms with E-state index in [9.17, 15) is 0 Å². The van der Waals surface area contributed by atoms with E-state index in [2.05, 4.69) is 35.2 Å². The first-order valence-corrected chi connectivity index (χ1v) is 5.91. The predicted octanol–water partition coefficient (Wildman–Crippen LogP) is 2.17. The van der Waals surface area contributed by atoms with Gasteiger partial charge in [-0.2, -0.15) is 0 Å². The lowest BCUT2D eigenvalue weighted by Gasteiger charge is -2.24. The van der Waals surface area contributed by atoms with Crippen molar-refractivity contribution in [2.45, 2.75) is 25.3 Å². The summed E-state index contributed by atoms with van der Waals surface area (Å²) in [6.07, 6.45) is 3.74. The van der Waals surface area contributed by atoms with Crippen molar-refractivity contribution < 1.29 is 0 Å². The second kappa shape index (κ2) is 5.29. The molecule has 1 aromatic carbocycles. The van der Waals surface area contributed by atoms with Crippen LogP contribution in [0.15, 0.2) is 30.3 Å². The number of rotatable bonds is 4. The van der Waals surface area contributed by atoms with Crippen molar-refractivity contribution in [3.8, 4) is 0 Å². The van der Waals surface area contributed by atoms with Crippen LogP contribution in [0.4, 0.5) is 0 Å². The molecule has 2 rings (SSSR count). The van der Waals surface area contributed by atoms with E-state index in [4.69, 9.17) is 5.73 Å². The van der Waals surface area contributed by atoms with Gasteiger partial charge in [0.15, 0.2) is 0 Å². The van der Waals surface area contributed by atoms with Crippen LogP contribution in [0.1, 0.15) is 30.9 Å². The number of likely N-dealkylation sites (tertiary alicyclic amines) is 1. The van der Waals surface area contributed by atoms with Crippen LogP contribution in [0.2, 0.25) is 0 Å². The molecule has 1 aliphatic rings. The van der Waals surface area contributed by atoms with Gasteiger partial charge in [-0.3, -0.25) is 4.90 Å². The largest absolute Gasteiger partial charge is 0.330 e. The molecular weight excluding hydrogens is 184 g/mol. The van der Waals surface area contributed by atoms with Gasteiger partial charge in [-0.15, -0.1) is 0 Å². The second-order valence-corrected chi connectivity index (χ2v) is 4.25. The third kappa shape index (κ3) is 2.58. The smallest absolute Gasteiger partial charge is 0.0348 e. The standard InChI is InChI=1S/C13H20N2/c14-9-5-11-15-10-4-8-13(15)12-6-2-1-3-7-12/h1-3,6-7,13H,4-5,8-11,14H2/t13-/m1/s1. The molecule has 1 atom stereocenters. The van der Waals surface area contributed by atoms with E-state index in [0.717, 1.165) is 19.5 Å². The van der Waals surface area contributed by atoms with E-state index < -0.39 is 0 Å². The first-order valence-electron chi connectivity index (χ1n) is 5.91. The molecule has 0 saturated carbocycles. The van der Waals surface area contributed by atoms with Crippen molar-refractivity contribution in [2.24, 2.45) is 5.73 Å². The van der Waals surface area contributed by atoms with Crippen LogP contribution in [0, 0.1) is 0 Å².